The Kier molecular flexibility index (Phi) is 3.40. The number of nitrogen functional groups attached to an aromatic ring is 1. The van der Waals surface area contributed by atoms with Gasteiger partial charge in [0.15, 0.2) is 11.5 Å². The lowest BCUT2D eigenvalue weighted by molar-refractivity contribution is -0.0495. The van der Waals surface area contributed by atoms with Crippen molar-refractivity contribution in [2.45, 2.75) is 13.5 Å². The maximum Gasteiger partial charge on any atom is 0.387 e. The van der Waals surface area contributed by atoms with Crippen molar-refractivity contribution in [1.29, 1.82) is 5.26 Å². The molecule has 0 aliphatic carbocycles. The number of halogens is 2. The van der Waals surface area contributed by atoms with E-state index in [9.17, 15) is 13.6 Å². The van der Waals surface area contributed by atoms with Crippen LogP contribution >= 0.6 is 0 Å². The number of nitriles is 1. The lowest BCUT2D eigenvalue weighted by Crippen LogP contribution is -2.09. The van der Waals surface area contributed by atoms with Crippen LogP contribution in [0.15, 0.2) is 12.1 Å². The highest BCUT2D eigenvalue weighted by Crippen LogP contribution is 2.30. The average Bonchev–Trinajstić information content (AvgIpc) is 2.19. The summed E-state index contributed by atoms with van der Waals surface area (Å²) in [5.74, 6) is -0.874. The molecule has 0 unspecified atom stereocenters. The molecule has 0 atom stereocenters. The van der Waals surface area contributed by atoms with Crippen LogP contribution in [-0.4, -0.2) is 12.4 Å². The summed E-state index contributed by atoms with van der Waals surface area (Å²) in [6.07, 6.45) is 0. The second-order valence-corrected chi connectivity index (χ2v) is 2.95. The van der Waals surface area contributed by atoms with Crippen molar-refractivity contribution < 1.29 is 18.3 Å². The fraction of sp³-hybridized carbons (Fsp3) is 0.200. The Balaban J connectivity index is 3.40. The van der Waals surface area contributed by atoms with Gasteiger partial charge in [-0.05, 0) is 19.1 Å². The second kappa shape index (κ2) is 4.57. The predicted molar refractivity (Wildman–Crippen MR) is 52.2 cm³/mol. The molecule has 0 fully saturated rings. The zero-order valence-electron chi connectivity index (χ0n) is 8.33. The van der Waals surface area contributed by atoms with Crippen LogP contribution < -0.4 is 10.5 Å². The van der Waals surface area contributed by atoms with Crippen LogP contribution in [0.5, 0.6) is 5.75 Å². The Morgan fingerprint density at radius 1 is 1.56 bits per heavy atom. The molecule has 0 saturated carbocycles. The highest BCUT2D eigenvalue weighted by molar-refractivity contribution is 5.98. The van der Waals surface area contributed by atoms with Crippen molar-refractivity contribution >= 4 is 11.5 Å². The van der Waals surface area contributed by atoms with Crippen LogP contribution in [0.4, 0.5) is 14.5 Å². The first-order valence-corrected chi connectivity index (χ1v) is 4.25. The maximum absolute atomic E-state index is 12.1. The number of hydrogen-bond donors (Lipinski definition) is 1. The summed E-state index contributed by atoms with van der Waals surface area (Å²) in [7, 11) is 0. The van der Waals surface area contributed by atoms with Crippen molar-refractivity contribution in [2.24, 2.45) is 0 Å². The number of nitrogens with two attached hydrogens (primary N) is 1. The fourth-order valence-electron chi connectivity index (χ4n) is 1.22. The molecule has 0 aromatic heterocycles. The molecule has 0 amide bonds. The highest BCUT2D eigenvalue weighted by Gasteiger charge is 2.18. The van der Waals surface area contributed by atoms with E-state index >= 15 is 0 Å². The van der Waals surface area contributed by atoms with Crippen molar-refractivity contribution in [3.05, 3.63) is 23.3 Å². The van der Waals surface area contributed by atoms with E-state index in [0.717, 1.165) is 0 Å². The molecule has 0 bridgehead atoms. The van der Waals surface area contributed by atoms with Gasteiger partial charge in [-0.2, -0.15) is 14.0 Å². The van der Waals surface area contributed by atoms with Gasteiger partial charge in [0, 0.05) is 5.56 Å². The number of Topliss-reactive ketones (excluding diaryl/α,β-unsaturated/α-hetero) is 1. The molecule has 0 heterocycles. The second-order valence-electron chi connectivity index (χ2n) is 2.95. The molecule has 0 aliphatic rings. The van der Waals surface area contributed by atoms with Crippen LogP contribution in [-0.2, 0) is 0 Å². The number of carbonyl (C=O) groups excluding carboxylic acids is 1. The van der Waals surface area contributed by atoms with Gasteiger partial charge in [0.2, 0.25) is 0 Å². The van der Waals surface area contributed by atoms with Gasteiger partial charge in [0.05, 0.1) is 5.69 Å². The van der Waals surface area contributed by atoms with Gasteiger partial charge < -0.3 is 10.5 Å². The molecular formula is C10H8F2N2O2. The van der Waals surface area contributed by atoms with E-state index < -0.39 is 18.1 Å². The minimum Gasteiger partial charge on any atom is -0.431 e. The zero-order valence-corrected chi connectivity index (χ0v) is 8.33. The van der Waals surface area contributed by atoms with Crippen LogP contribution in [0, 0.1) is 11.3 Å². The summed E-state index contributed by atoms with van der Waals surface area (Å²) < 4.78 is 28.3. The van der Waals surface area contributed by atoms with E-state index in [2.05, 4.69) is 4.74 Å². The molecule has 84 valence electrons. The number of rotatable bonds is 3. The first-order valence-electron chi connectivity index (χ1n) is 4.25. The maximum atomic E-state index is 12.1. The van der Waals surface area contributed by atoms with Gasteiger partial charge in [-0.15, -0.1) is 0 Å². The van der Waals surface area contributed by atoms with Crippen LogP contribution in [0.1, 0.15) is 22.8 Å². The zero-order chi connectivity index (χ0) is 12.3. The Labute approximate surface area is 90.2 Å². The Morgan fingerprint density at radius 3 is 2.62 bits per heavy atom. The molecule has 1 aromatic carbocycles. The number of benzene rings is 1. The normalized spacial score (nSPS) is 9.94. The molecule has 1 aromatic rings. The minimum absolute atomic E-state index is 0.00681. The monoisotopic (exact) mass is 226 g/mol. The fourth-order valence-corrected chi connectivity index (χ4v) is 1.22. The van der Waals surface area contributed by atoms with Crippen molar-refractivity contribution in [2.75, 3.05) is 5.73 Å². The van der Waals surface area contributed by atoms with Crippen LogP contribution in [0.3, 0.4) is 0 Å². The van der Waals surface area contributed by atoms with Crippen molar-refractivity contribution in [3.8, 4) is 11.8 Å². The van der Waals surface area contributed by atoms with E-state index in [1.54, 1.807) is 6.07 Å². The summed E-state index contributed by atoms with van der Waals surface area (Å²) in [5.41, 5.74) is 5.02. The van der Waals surface area contributed by atoms with Gasteiger partial charge in [-0.25, -0.2) is 0 Å². The molecule has 0 aliphatic heterocycles. The third-order valence-electron chi connectivity index (χ3n) is 1.89. The number of carbonyl (C=O) groups is 1. The summed E-state index contributed by atoms with van der Waals surface area (Å²) >= 11 is 0. The molecule has 6 heteroatoms. The van der Waals surface area contributed by atoms with Gasteiger partial charge >= 0.3 is 6.61 Å². The van der Waals surface area contributed by atoms with Crippen LogP contribution in [0.25, 0.3) is 0 Å². The molecule has 1 rings (SSSR count). The molecule has 0 spiro atoms. The lowest BCUT2D eigenvalue weighted by atomic mass is 10.0. The standard InChI is InChI=1S/C10H8F2N2O2/c1-5(15)6-2-3-8(14)9(7(6)4-13)16-10(11)12/h2-3,10H,14H2,1H3. The number of ether oxygens (including phenoxy) is 1. The Hall–Kier alpha value is -2.16. The van der Waals surface area contributed by atoms with E-state index in [1.807, 2.05) is 0 Å². The number of hydrogen-bond acceptors (Lipinski definition) is 4. The number of anilines is 1. The van der Waals surface area contributed by atoms with Crippen LogP contribution in [0.2, 0.25) is 0 Å². The van der Waals surface area contributed by atoms with E-state index in [4.69, 9.17) is 11.0 Å². The molecule has 0 radical (unpaired) electrons. The highest BCUT2D eigenvalue weighted by atomic mass is 19.3. The van der Waals surface area contributed by atoms with Gasteiger partial charge in [-0.3, -0.25) is 4.79 Å². The van der Waals surface area contributed by atoms with E-state index in [0.29, 0.717) is 0 Å². The van der Waals surface area contributed by atoms with Gasteiger partial charge in [0.25, 0.3) is 0 Å². The Bertz CT molecular complexity index is 467. The molecule has 2 N–H and O–H groups in total. The Morgan fingerprint density at radius 2 is 2.19 bits per heavy atom. The smallest absolute Gasteiger partial charge is 0.387 e. The quantitative estimate of drug-likeness (QED) is 0.631. The van der Waals surface area contributed by atoms with E-state index in [-0.39, 0.29) is 16.8 Å². The van der Waals surface area contributed by atoms with Gasteiger partial charge in [0.1, 0.15) is 11.6 Å². The topological polar surface area (TPSA) is 76.1 Å². The third-order valence-corrected chi connectivity index (χ3v) is 1.89. The molecule has 4 nitrogen and oxygen atoms in total. The number of nitrogens with zero attached hydrogens (tertiary/aromatic N) is 1. The first-order chi connectivity index (χ1) is 7.47. The third kappa shape index (κ3) is 2.25. The molecular weight excluding hydrogens is 218 g/mol. The van der Waals surface area contributed by atoms with Crippen molar-refractivity contribution in [1.82, 2.24) is 0 Å². The summed E-state index contributed by atoms with van der Waals surface area (Å²) in [6.45, 7) is -1.88. The van der Waals surface area contributed by atoms with Crippen molar-refractivity contribution in [3.63, 3.8) is 0 Å². The predicted octanol–water partition coefficient (Wildman–Crippen LogP) is 1.94. The summed E-state index contributed by atoms with van der Waals surface area (Å²) in [5, 5.41) is 8.80. The van der Waals surface area contributed by atoms with Gasteiger partial charge in [-0.1, -0.05) is 0 Å². The number of ketones is 1. The summed E-state index contributed by atoms with van der Waals surface area (Å²) in [4.78, 5) is 11.1. The largest absolute Gasteiger partial charge is 0.431 e. The summed E-state index contributed by atoms with van der Waals surface area (Å²) in [6, 6.07) is 4.18. The minimum atomic E-state index is -3.10. The lowest BCUT2D eigenvalue weighted by Gasteiger charge is -2.11. The average molecular weight is 226 g/mol. The molecule has 16 heavy (non-hydrogen) atoms. The SMILES string of the molecule is CC(=O)c1ccc(N)c(OC(F)F)c1C#N. The first kappa shape index (κ1) is 11.9. The number of alkyl halides is 2. The molecule has 0 saturated heterocycles. The van der Waals surface area contributed by atoms with E-state index in [1.165, 1.54) is 19.1 Å².